The van der Waals surface area contributed by atoms with Crippen molar-refractivity contribution in [1.29, 1.82) is 0 Å². The summed E-state index contributed by atoms with van der Waals surface area (Å²) in [6, 6.07) is 9.95. The maximum atomic E-state index is 11.4. The van der Waals surface area contributed by atoms with Gasteiger partial charge in [-0.1, -0.05) is 11.8 Å². The average molecular weight is 595 g/mol. The molecule has 4 aliphatic rings. The monoisotopic (exact) mass is 594 g/mol. The fraction of sp³-hybridized carbons (Fsp3) is 0.559. The van der Waals surface area contributed by atoms with Crippen LogP contribution < -0.4 is 9.47 Å². The van der Waals surface area contributed by atoms with Gasteiger partial charge in [0, 0.05) is 36.3 Å². The molecule has 9 heteroatoms. The first kappa shape index (κ1) is 31.3. The summed E-state index contributed by atoms with van der Waals surface area (Å²) in [5.74, 6) is 8.18. The largest absolute Gasteiger partial charge is 0.478 e. The Balaban J connectivity index is 1.51. The summed E-state index contributed by atoms with van der Waals surface area (Å²) >= 11 is 0. The van der Waals surface area contributed by atoms with Crippen molar-refractivity contribution in [3.05, 3.63) is 58.7 Å². The quantitative estimate of drug-likeness (QED) is 0.168. The second-order valence-electron chi connectivity index (χ2n) is 11.9. The van der Waals surface area contributed by atoms with Crippen LogP contribution in [-0.2, 0) is 24.4 Å². The molecule has 0 amide bonds. The smallest absolute Gasteiger partial charge is 0.335 e. The molecule has 4 bridgehead atoms. The molecule has 1 unspecified atom stereocenters. The highest BCUT2D eigenvalue weighted by atomic mass is 16.7. The zero-order valence-electron chi connectivity index (χ0n) is 25.0. The minimum Gasteiger partial charge on any atom is -0.478 e. The molecule has 4 aliphatic carbocycles. The van der Waals surface area contributed by atoms with Crippen molar-refractivity contribution in [1.82, 2.24) is 0 Å². The molecule has 0 radical (unpaired) electrons. The number of benzene rings is 2. The zero-order valence-corrected chi connectivity index (χ0v) is 25.0. The summed E-state index contributed by atoms with van der Waals surface area (Å²) in [6.07, 6.45) is 5.85. The Hall–Kier alpha value is -3.13. The van der Waals surface area contributed by atoms with Gasteiger partial charge in [-0.3, -0.25) is 0 Å². The summed E-state index contributed by atoms with van der Waals surface area (Å²) < 4.78 is 34.3. The third kappa shape index (κ3) is 7.51. The van der Waals surface area contributed by atoms with Crippen LogP contribution in [0, 0.1) is 29.6 Å². The first-order chi connectivity index (χ1) is 20.9. The van der Waals surface area contributed by atoms with E-state index in [-0.39, 0.29) is 24.6 Å². The van der Waals surface area contributed by atoms with Crippen LogP contribution in [0.5, 0.6) is 11.5 Å². The number of hydrogen-bond donors (Lipinski definition) is 2. The molecule has 4 fully saturated rings. The Morgan fingerprint density at radius 1 is 0.860 bits per heavy atom. The van der Waals surface area contributed by atoms with Gasteiger partial charge in [-0.15, -0.1) is 0 Å². The van der Waals surface area contributed by atoms with Crippen molar-refractivity contribution in [2.45, 2.75) is 50.0 Å². The summed E-state index contributed by atoms with van der Waals surface area (Å²) in [4.78, 5) is 11.2. The molecule has 0 aliphatic heterocycles. The molecule has 43 heavy (non-hydrogen) atoms. The molecule has 2 aromatic rings. The van der Waals surface area contributed by atoms with E-state index in [1.54, 1.807) is 32.4 Å². The maximum absolute atomic E-state index is 11.4. The van der Waals surface area contributed by atoms with E-state index in [9.17, 15) is 15.0 Å². The minimum atomic E-state index is -1.16. The predicted molar refractivity (Wildman–Crippen MR) is 158 cm³/mol. The Kier molecular flexibility index (Phi) is 10.6. The number of carbonyl (C=O) groups is 1. The first-order valence-corrected chi connectivity index (χ1v) is 15.0. The first-order valence-electron chi connectivity index (χ1n) is 15.0. The number of rotatable bonds is 15. The number of carboxylic acids is 1. The van der Waals surface area contributed by atoms with Crippen molar-refractivity contribution < 1.29 is 43.4 Å². The van der Waals surface area contributed by atoms with Gasteiger partial charge in [-0.25, -0.2) is 4.79 Å². The van der Waals surface area contributed by atoms with Gasteiger partial charge in [0.2, 0.25) is 0 Å². The van der Waals surface area contributed by atoms with Gasteiger partial charge in [0.15, 0.2) is 13.6 Å². The lowest BCUT2D eigenvalue weighted by molar-refractivity contribution is -0.0265. The highest BCUT2D eigenvalue weighted by Gasteiger charge is 2.54. The molecule has 9 nitrogen and oxygen atoms in total. The average Bonchev–Trinajstić information content (AvgIpc) is 2.99. The van der Waals surface area contributed by atoms with Crippen molar-refractivity contribution in [3.8, 4) is 23.3 Å². The van der Waals surface area contributed by atoms with Gasteiger partial charge in [0.1, 0.15) is 17.6 Å². The summed E-state index contributed by atoms with van der Waals surface area (Å²) in [7, 11) is 3.25. The predicted octanol–water partition coefficient (Wildman–Crippen LogP) is 4.94. The Labute approximate surface area is 253 Å². The normalized spacial score (nSPS) is 24.3. The minimum absolute atomic E-state index is 0.0136. The highest BCUT2D eigenvalue weighted by Crippen LogP contribution is 2.63. The van der Waals surface area contributed by atoms with Crippen molar-refractivity contribution in [3.63, 3.8) is 0 Å². The fourth-order valence-corrected chi connectivity index (χ4v) is 7.52. The van der Waals surface area contributed by atoms with Crippen LogP contribution in [-0.4, -0.2) is 70.4 Å². The molecule has 4 saturated carbocycles. The second-order valence-corrected chi connectivity index (χ2v) is 11.9. The lowest BCUT2D eigenvalue weighted by Crippen LogP contribution is -2.49. The highest BCUT2D eigenvalue weighted by molar-refractivity contribution is 5.87. The van der Waals surface area contributed by atoms with E-state index in [1.165, 1.54) is 31.4 Å². The van der Waals surface area contributed by atoms with Gasteiger partial charge in [0.25, 0.3) is 0 Å². The third-order valence-corrected chi connectivity index (χ3v) is 8.95. The van der Waals surface area contributed by atoms with E-state index in [4.69, 9.17) is 28.4 Å². The van der Waals surface area contributed by atoms with E-state index in [0.717, 1.165) is 24.8 Å². The fourth-order valence-electron chi connectivity index (χ4n) is 7.52. The third-order valence-electron chi connectivity index (χ3n) is 8.95. The van der Waals surface area contributed by atoms with E-state index in [0.29, 0.717) is 66.8 Å². The van der Waals surface area contributed by atoms with Crippen LogP contribution in [0.25, 0.3) is 0 Å². The van der Waals surface area contributed by atoms with Crippen LogP contribution in [0.3, 0.4) is 0 Å². The van der Waals surface area contributed by atoms with Crippen molar-refractivity contribution >= 4 is 5.97 Å². The molecule has 2 N–H and O–H groups in total. The maximum Gasteiger partial charge on any atom is 0.335 e. The van der Waals surface area contributed by atoms with Crippen LogP contribution >= 0.6 is 0 Å². The molecule has 0 saturated heterocycles. The summed E-state index contributed by atoms with van der Waals surface area (Å²) in [5.41, 5.74) is 2.17. The summed E-state index contributed by atoms with van der Waals surface area (Å²) in [5, 5.41) is 20.6. The van der Waals surface area contributed by atoms with Crippen LogP contribution in [0.4, 0.5) is 0 Å². The molecule has 232 valence electrons. The van der Waals surface area contributed by atoms with E-state index >= 15 is 0 Å². The standard InChI is InChI=1S/C34H42O9/c1-38-11-13-40-21-42-30-10-8-28(29(35)9-5-23-3-6-27(7-4-23)33(36)37)32(43-22-41-14-12-39-2)31(30)34-18-24-15-25(19-34)17-26(16-24)20-34/h3-4,6-8,10,24-26,29,35H,11-22H2,1-2H3,(H,36,37). The molecule has 0 spiro atoms. The second kappa shape index (κ2) is 14.6. The topological polar surface area (TPSA) is 113 Å². The van der Waals surface area contributed by atoms with Gasteiger partial charge < -0.3 is 38.6 Å². The van der Waals surface area contributed by atoms with Crippen molar-refractivity contribution in [2.24, 2.45) is 17.8 Å². The van der Waals surface area contributed by atoms with Crippen LogP contribution in [0.2, 0.25) is 0 Å². The molecule has 1 atom stereocenters. The molecule has 0 aromatic heterocycles. The Bertz CT molecular complexity index is 1260. The van der Waals surface area contributed by atoms with E-state index in [2.05, 4.69) is 11.8 Å². The molecule has 0 heterocycles. The van der Waals surface area contributed by atoms with Gasteiger partial charge in [-0.05, 0) is 92.7 Å². The molecular weight excluding hydrogens is 552 g/mol. The zero-order chi connectivity index (χ0) is 30.2. The number of ether oxygens (including phenoxy) is 6. The Morgan fingerprint density at radius 3 is 2.00 bits per heavy atom. The number of methoxy groups -OCH3 is 2. The van der Waals surface area contributed by atoms with E-state index in [1.807, 2.05) is 6.07 Å². The van der Waals surface area contributed by atoms with Gasteiger partial charge >= 0.3 is 5.97 Å². The molecule has 6 rings (SSSR count). The van der Waals surface area contributed by atoms with Crippen LogP contribution in [0.1, 0.15) is 71.7 Å². The summed E-state index contributed by atoms with van der Waals surface area (Å²) in [6.45, 7) is 1.76. The van der Waals surface area contributed by atoms with Crippen molar-refractivity contribution in [2.75, 3.05) is 54.2 Å². The van der Waals surface area contributed by atoms with Gasteiger partial charge in [-0.2, -0.15) is 0 Å². The lowest BCUT2D eigenvalue weighted by atomic mass is 9.47. The molecular formula is C34H42O9. The number of hydrogen-bond acceptors (Lipinski definition) is 8. The van der Waals surface area contributed by atoms with Gasteiger partial charge in [0.05, 0.1) is 32.0 Å². The van der Waals surface area contributed by atoms with E-state index < -0.39 is 12.1 Å². The Morgan fingerprint density at radius 2 is 1.44 bits per heavy atom. The number of aliphatic hydroxyl groups is 1. The lowest BCUT2D eigenvalue weighted by Gasteiger charge is -2.57. The number of aromatic carboxylic acids is 1. The SMILES string of the molecule is COCCOCOc1ccc(C(O)C#Cc2ccc(C(=O)O)cc2)c(OCOCCOC)c1C12CC3CC(CC(C3)C1)C2. The van der Waals surface area contributed by atoms with Crippen LogP contribution in [0.15, 0.2) is 36.4 Å². The number of aliphatic hydroxyl groups excluding tert-OH is 1. The molecule has 2 aromatic carbocycles. The number of carboxylic acid groups (broad SMARTS) is 1.